The molecule has 3 rings (SSSR count). The predicted molar refractivity (Wildman–Crippen MR) is 85.8 cm³/mol. The van der Waals surface area contributed by atoms with Crippen molar-refractivity contribution in [1.29, 1.82) is 0 Å². The van der Waals surface area contributed by atoms with Crippen molar-refractivity contribution >= 4 is 28.2 Å². The largest absolute Gasteiger partial charge is 0.346 e. The van der Waals surface area contributed by atoms with Crippen LogP contribution >= 0.6 is 11.3 Å². The molecule has 110 valence electrons. The Morgan fingerprint density at radius 1 is 1.43 bits per heavy atom. The molecule has 2 aromatic rings. The van der Waals surface area contributed by atoms with Crippen LogP contribution in [0.25, 0.3) is 0 Å². The molecule has 1 unspecified atom stereocenters. The average Bonchev–Trinajstić information content (AvgIpc) is 2.96. The van der Waals surface area contributed by atoms with E-state index >= 15 is 0 Å². The van der Waals surface area contributed by atoms with Crippen LogP contribution in [0, 0.1) is 0 Å². The number of carbonyl (C=O) groups is 1. The van der Waals surface area contributed by atoms with E-state index in [4.69, 9.17) is 0 Å². The normalized spacial score (nSPS) is 18.5. The van der Waals surface area contributed by atoms with Crippen LogP contribution in [0.3, 0.4) is 0 Å². The van der Waals surface area contributed by atoms with E-state index in [1.807, 2.05) is 11.4 Å². The first-order valence-corrected chi connectivity index (χ1v) is 7.87. The monoisotopic (exact) mass is 302 g/mol. The molecule has 1 aromatic heterocycles. The average molecular weight is 302 g/mol. The van der Waals surface area contributed by atoms with Gasteiger partial charge in [0.1, 0.15) is 5.82 Å². The summed E-state index contributed by atoms with van der Waals surface area (Å²) < 4.78 is 0. The maximum Gasteiger partial charge on any atom is 0.223 e. The standard InChI is InChI=1S/C15H18N4OS/c1-11(20)17-15-18-14(10-21-15)19-8-7-16-9-13(19)12-5-3-2-4-6-12/h2-6,10,13,16H,7-9H2,1H3,(H,17,18,20). The molecule has 1 saturated heterocycles. The van der Waals surface area contributed by atoms with Crippen molar-refractivity contribution in [1.82, 2.24) is 10.3 Å². The van der Waals surface area contributed by atoms with Gasteiger partial charge in [-0.05, 0) is 5.56 Å². The lowest BCUT2D eigenvalue weighted by Gasteiger charge is -2.36. The summed E-state index contributed by atoms with van der Waals surface area (Å²) in [6.07, 6.45) is 0. The third-order valence-electron chi connectivity index (χ3n) is 3.50. The number of piperazine rings is 1. The third kappa shape index (κ3) is 3.22. The molecule has 0 aliphatic carbocycles. The number of amides is 1. The molecular weight excluding hydrogens is 284 g/mol. The van der Waals surface area contributed by atoms with Gasteiger partial charge in [-0.2, -0.15) is 0 Å². The van der Waals surface area contributed by atoms with E-state index in [1.165, 1.54) is 23.8 Å². The molecule has 0 spiro atoms. The lowest BCUT2D eigenvalue weighted by atomic mass is 10.0. The Bertz CT molecular complexity index is 613. The molecule has 2 heterocycles. The van der Waals surface area contributed by atoms with Gasteiger partial charge in [0.05, 0.1) is 6.04 Å². The number of rotatable bonds is 3. The highest BCUT2D eigenvalue weighted by Crippen LogP contribution is 2.30. The topological polar surface area (TPSA) is 57.3 Å². The summed E-state index contributed by atoms with van der Waals surface area (Å²) in [5.74, 6) is 0.843. The van der Waals surface area contributed by atoms with Gasteiger partial charge in [0.25, 0.3) is 0 Å². The van der Waals surface area contributed by atoms with Gasteiger partial charge in [0.15, 0.2) is 5.13 Å². The number of carbonyl (C=O) groups excluding carboxylic acids is 1. The second-order valence-electron chi connectivity index (χ2n) is 5.02. The van der Waals surface area contributed by atoms with Crippen molar-refractivity contribution in [2.75, 3.05) is 29.9 Å². The van der Waals surface area contributed by atoms with E-state index in [-0.39, 0.29) is 11.9 Å². The Kier molecular flexibility index (Phi) is 4.17. The van der Waals surface area contributed by atoms with E-state index in [2.05, 4.69) is 44.8 Å². The zero-order chi connectivity index (χ0) is 14.7. The van der Waals surface area contributed by atoms with Crippen molar-refractivity contribution in [3.63, 3.8) is 0 Å². The minimum absolute atomic E-state index is 0.0872. The number of nitrogens with one attached hydrogen (secondary N) is 2. The Labute approximate surface area is 128 Å². The first-order chi connectivity index (χ1) is 10.2. The van der Waals surface area contributed by atoms with Gasteiger partial charge in [0, 0.05) is 31.9 Å². The predicted octanol–water partition coefficient (Wildman–Crippen LogP) is 2.25. The molecule has 0 radical (unpaired) electrons. The van der Waals surface area contributed by atoms with Crippen LogP contribution in [0.5, 0.6) is 0 Å². The van der Waals surface area contributed by atoms with Crippen LogP contribution < -0.4 is 15.5 Å². The first kappa shape index (κ1) is 14.0. The lowest BCUT2D eigenvalue weighted by Crippen LogP contribution is -2.46. The van der Waals surface area contributed by atoms with Gasteiger partial charge in [-0.1, -0.05) is 30.3 Å². The van der Waals surface area contributed by atoms with Crippen molar-refractivity contribution in [2.24, 2.45) is 0 Å². The van der Waals surface area contributed by atoms with Crippen molar-refractivity contribution < 1.29 is 4.79 Å². The Hall–Kier alpha value is -1.92. The fourth-order valence-corrected chi connectivity index (χ4v) is 3.31. The molecule has 1 fully saturated rings. The molecule has 1 amide bonds. The number of aromatic nitrogens is 1. The molecular formula is C15H18N4OS. The van der Waals surface area contributed by atoms with E-state index in [0.29, 0.717) is 5.13 Å². The van der Waals surface area contributed by atoms with E-state index in [9.17, 15) is 4.79 Å². The highest BCUT2D eigenvalue weighted by molar-refractivity contribution is 7.14. The summed E-state index contributed by atoms with van der Waals surface area (Å²) in [7, 11) is 0. The van der Waals surface area contributed by atoms with E-state index in [1.54, 1.807) is 0 Å². The zero-order valence-electron chi connectivity index (χ0n) is 11.9. The summed E-state index contributed by atoms with van der Waals surface area (Å²) in [6.45, 7) is 4.24. The lowest BCUT2D eigenvalue weighted by molar-refractivity contribution is -0.114. The second kappa shape index (κ2) is 6.24. The zero-order valence-corrected chi connectivity index (χ0v) is 12.7. The Balaban J connectivity index is 1.84. The molecule has 6 heteroatoms. The highest BCUT2D eigenvalue weighted by atomic mass is 32.1. The minimum Gasteiger partial charge on any atom is -0.346 e. The smallest absolute Gasteiger partial charge is 0.223 e. The summed E-state index contributed by atoms with van der Waals surface area (Å²) >= 11 is 1.46. The maximum absolute atomic E-state index is 11.1. The first-order valence-electron chi connectivity index (χ1n) is 6.99. The molecule has 1 atom stereocenters. The Morgan fingerprint density at radius 3 is 3.00 bits per heavy atom. The number of benzene rings is 1. The number of hydrogen-bond acceptors (Lipinski definition) is 5. The second-order valence-corrected chi connectivity index (χ2v) is 5.87. The fourth-order valence-electron chi connectivity index (χ4n) is 2.56. The minimum atomic E-state index is -0.0872. The molecule has 0 bridgehead atoms. The summed E-state index contributed by atoms with van der Waals surface area (Å²) in [5.41, 5.74) is 1.28. The maximum atomic E-state index is 11.1. The summed E-state index contributed by atoms with van der Waals surface area (Å²) in [5, 5.41) is 8.84. The van der Waals surface area contributed by atoms with Crippen molar-refractivity contribution in [3.8, 4) is 0 Å². The van der Waals surface area contributed by atoms with Crippen LogP contribution in [0.15, 0.2) is 35.7 Å². The van der Waals surface area contributed by atoms with Gasteiger partial charge in [-0.25, -0.2) is 4.98 Å². The van der Waals surface area contributed by atoms with Gasteiger partial charge in [-0.15, -0.1) is 11.3 Å². The molecule has 1 aliphatic rings. The fraction of sp³-hybridized carbons (Fsp3) is 0.333. The van der Waals surface area contributed by atoms with E-state index in [0.717, 1.165) is 25.5 Å². The third-order valence-corrected chi connectivity index (χ3v) is 4.24. The van der Waals surface area contributed by atoms with Crippen molar-refractivity contribution in [3.05, 3.63) is 41.3 Å². The van der Waals surface area contributed by atoms with Gasteiger partial charge in [0.2, 0.25) is 5.91 Å². The number of thiazole rings is 1. The molecule has 0 saturated carbocycles. The number of nitrogens with zero attached hydrogens (tertiary/aromatic N) is 2. The Morgan fingerprint density at radius 2 is 2.24 bits per heavy atom. The molecule has 5 nitrogen and oxygen atoms in total. The van der Waals surface area contributed by atoms with Crippen LogP contribution in [-0.4, -0.2) is 30.5 Å². The number of hydrogen-bond donors (Lipinski definition) is 2. The van der Waals surface area contributed by atoms with Crippen molar-refractivity contribution in [2.45, 2.75) is 13.0 Å². The highest BCUT2D eigenvalue weighted by Gasteiger charge is 2.25. The van der Waals surface area contributed by atoms with Crippen LogP contribution in [0.2, 0.25) is 0 Å². The van der Waals surface area contributed by atoms with Crippen LogP contribution in [0.1, 0.15) is 18.5 Å². The number of anilines is 2. The molecule has 2 N–H and O–H groups in total. The summed E-state index contributed by atoms with van der Waals surface area (Å²) in [4.78, 5) is 18.0. The summed E-state index contributed by atoms with van der Waals surface area (Å²) in [6, 6.07) is 10.7. The molecule has 21 heavy (non-hydrogen) atoms. The van der Waals surface area contributed by atoms with Crippen LogP contribution in [-0.2, 0) is 4.79 Å². The van der Waals surface area contributed by atoms with Gasteiger partial charge in [-0.3, -0.25) is 4.79 Å². The van der Waals surface area contributed by atoms with Gasteiger partial charge >= 0.3 is 0 Å². The SMILES string of the molecule is CC(=O)Nc1nc(N2CCNCC2c2ccccc2)cs1. The van der Waals surface area contributed by atoms with Gasteiger partial charge < -0.3 is 15.5 Å². The molecule has 1 aliphatic heterocycles. The molecule has 1 aromatic carbocycles. The quantitative estimate of drug-likeness (QED) is 0.913. The van der Waals surface area contributed by atoms with Crippen LogP contribution in [0.4, 0.5) is 10.9 Å². The van der Waals surface area contributed by atoms with E-state index < -0.39 is 0 Å².